The van der Waals surface area contributed by atoms with Crippen LogP contribution in [0, 0.1) is 11.8 Å². The minimum absolute atomic E-state index is 0.165. The first kappa shape index (κ1) is 17.8. The highest BCUT2D eigenvalue weighted by molar-refractivity contribution is 7.89. The standard InChI is InChI=1S/C19H26N2O4S/c1-25-18-7-6-15(26(23,24)21-8-2-3-9-21)12-16(18)19(22)20-17-11-13-4-5-14(17)10-13/h6-7,12-14,17H,2-5,8-11H2,1H3,(H,20,22)/t13-,14-,17+/m0/s1. The van der Waals surface area contributed by atoms with Crippen LogP contribution in [0.5, 0.6) is 5.75 Å². The van der Waals surface area contributed by atoms with Gasteiger partial charge in [-0.05, 0) is 62.1 Å². The van der Waals surface area contributed by atoms with E-state index in [1.807, 2.05) is 0 Å². The third-order valence-electron chi connectivity index (χ3n) is 6.17. The van der Waals surface area contributed by atoms with E-state index in [0.717, 1.165) is 25.2 Å². The van der Waals surface area contributed by atoms with Crippen molar-refractivity contribution in [1.82, 2.24) is 9.62 Å². The van der Waals surface area contributed by atoms with Crippen LogP contribution < -0.4 is 10.1 Å². The number of hydrogen-bond acceptors (Lipinski definition) is 4. The van der Waals surface area contributed by atoms with Gasteiger partial charge in [0, 0.05) is 19.1 Å². The van der Waals surface area contributed by atoms with E-state index >= 15 is 0 Å². The quantitative estimate of drug-likeness (QED) is 0.854. The summed E-state index contributed by atoms with van der Waals surface area (Å²) in [6, 6.07) is 4.78. The van der Waals surface area contributed by atoms with E-state index in [2.05, 4.69) is 5.32 Å². The molecule has 1 aromatic rings. The number of benzene rings is 1. The van der Waals surface area contributed by atoms with E-state index in [4.69, 9.17) is 4.74 Å². The Bertz CT molecular complexity index is 802. The number of carbonyl (C=O) groups is 1. The maximum atomic E-state index is 12.9. The van der Waals surface area contributed by atoms with Gasteiger partial charge in [0.15, 0.2) is 0 Å². The largest absolute Gasteiger partial charge is 0.496 e. The second kappa shape index (κ2) is 6.85. The molecule has 0 unspecified atom stereocenters. The van der Waals surface area contributed by atoms with Crippen LogP contribution in [0.25, 0.3) is 0 Å². The van der Waals surface area contributed by atoms with Crippen molar-refractivity contribution in [2.75, 3.05) is 20.2 Å². The van der Waals surface area contributed by atoms with Gasteiger partial charge in [-0.2, -0.15) is 4.31 Å². The minimum atomic E-state index is -3.56. The average molecular weight is 378 g/mol. The lowest BCUT2D eigenvalue weighted by molar-refractivity contribution is 0.0919. The summed E-state index contributed by atoms with van der Waals surface area (Å²) in [5.41, 5.74) is 0.301. The molecule has 0 spiro atoms. The number of methoxy groups -OCH3 is 1. The van der Waals surface area contributed by atoms with Gasteiger partial charge in [-0.3, -0.25) is 4.79 Å². The molecule has 3 aliphatic rings. The van der Waals surface area contributed by atoms with Crippen LogP contribution in [-0.4, -0.2) is 44.9 Å². The Hall–Kier alpha value is -1.60. The molecule has 1 saturated heterocycles. The highest BCUT2D eigenvalue weighted by atomic mass is 32.2. The third-order valence-corrected chi connectivity index (χ3v) is 8.07. The fraction of sp³-hybridized carbons (Fsp3) is 0.632. The molecule has 1 amide bonds. The lowest BCUT2D eigenvalue weighted by Crippen LogP contribution is -2.38. The zero-order valence-corrected chi connectivity index (χ0v) is 15.9. The number of sulfonamides is 1. The van der Waals surface area contributed by atoms with Gasteiger partial charge in [0.05, 0.1) is 17.6 Å². The maximum Gasteiger partial charge on any atom is 0.255 e. The summed E-state index contributed by atoms with van der Waals surface area (Å²) in [7, 11) is -2.06. The van der Waals surface area contributed by atoms with Crippen molar-refractivity contribution in [3.8, 4) is 5.75 Å². The molecule has 2 bridgehead atoms. The first-order valence-corrected chi connectivity index (χ1v) is 10.9. The zero-order chi connectivity index (χ0) is 18.3. The second-order valence-electron chi connectivity index (χ2n) is 7.73. The van der Waals surface area contributed by atoms with Gasteiger partial charge in [0.25, 0.3) is 5.91 Å². The van der Waals surface area contributed by atoms with Gasteiger partial charge in [0.1, 0.15) is 5.75 Å². The van der Waals surface area contributed by atoms with Crippen molar-refractivity contribution < 1.29 is 17.9 Å². The predicted octanol–water partition coefficient (Wildman–Crippen LogP) is 2.40. The van der Waals surface area contributed by atoms with E-state index in [-0.39, 0.29) is 16.8 Å². The van der Waals surface area contributed by atoms with Gasteiger partial charge in [-0.15, -0.1) is 0 Å². The Kier molecular flexibility index (Phi) is 4.69. The normalized spacial score (nSPS) is 28.4. The maximum absolute atomic E-state index is 12.9. The summed E-state index contributed by atoms with van der Waals surface area (Å²) in [6.45, 7) is 1.09. The molecule has 2 aliphatic carbocycles. The number of amides is 1. The van der Waals surface area contributed by atoms with Crippen LogP contribution in [0.4, 0.5) is 0 Å². The Balaban J connectivity index is 1.59. The monoisotopic (exact) mass is 378 g/mol. The van der Waals surface area contributed by atoms with Crippen molar-refractivity contribution in [2.45, 2.75) is 49.5 Å². The first-order chi connectivity index (χ1) is 12.5. The Morgan fingerprint density at radius 2 is 1.96 bits per heavy atom. The number of fused-ring (bicyclic) bond motifs is 2. The fourth-order valence-electron chi connectivity index (χ4n) is 4.77. The topological polar surface area (TPSA) is 75.7 Å². The Labute approximate surface area is 155 Å². The van der Waals surface area contributed by atoms with Crippen LogP contribution in [0.1, 0.15) is 48.9 Å². The van der Waals surface area contributed by atoms with Crippen molar-refractivity contribution in [3.63, 3.8) is 0 Å². The molecule has 6 nitrogen and oxygen atoms in total. The van der Waals surface area contributed by atoms with Crippen molar-refractivity contribution >= 4 is 15.9 Å². The lowest BCUT2D eigenvalue weighted by atomic mass is 9.95. The van der Waals surface area contributed by atoms with Gasteiger partial charge in [-0.25, -0.2) is 8.42 Å². The molecule has 3 atom stereocenters. The predicted molar refractivity (Wildman–Crippen MR) is 97.7 cm³/mol. The van der Waals surface area contributed by atoms with E-state index in [1.165, 1.54) is 42.8 Å². The molecule has 3 fully saturated rings. The summed E-state index contributed by atoms with van der Waals surface area (Å²) in [6.07, 6.45) is 6.44. The Morgan fingerprint density at radius 1 is 1.19 bits per heavy atom. The van der Waals surface area contributed by atoms with E-state index in [9.17, 15) is 13.2 Å². The van der Waals surface area contributed by atoms with Crippen molar-refractivity contribution in [1.29, 1.82) is 0 Å². The van der Waals surface area contributed by atoms with E-state index in [0.29, 0.717) is 30.3 Å². The van der Waals surface area contributed by atoms with Gasteiger partial charge in [-0.1, -0.05) is 6.42 Å². The SMILES string of the molecule is COc1ccc(S(=O)(=O)N2CCCC2)cc1C(=O)N[C@@H]1C[C@H]2CC[C@H]1C2. The molecule has 1 aliphatic heterocycles. The highest BCUT2D eigenvalue weighted by Crippen LogP contribution is 2.44. The summed E-state index contributed by atoms with van der Waals surface area (Å²) in [5, 5.41) is 3.12. The number of rotatable bonds is 5. The molecule has 26 heavy (non-hydrogen) atoms. The number of nitrogens with zero attached hydrogens (tertiary/aromatic N) is 1. The molecule has 1 aromatic carbocycles. The summed E-state index contributed by atoms with van der Waals surface area (Å²) in [5.74, 6) is 1.46. The molecule has 7 heteroatoms. The number of hydrogen-bond donors (Lipinski definition) is 1. The first-order valence-electron chi connectivity index (χ1n) is 9.48. The smallest absolute Gasteiger partial charge is 0.255 e. The number of carbonyl (C=O) groups excluding carboxylic acids is 1. The second-order valence-corrected chi connectivity index (χ2v) is 9.67. The van der Waals surface area contributed by atoms with Gasteiger partial charge >= 0.3 is 0 Å². The number of nitrogens with one attached hydrogen (secondary N) is 1. The third kappa shape index (κ3) is 3.11. The molecule has 0 aromatic heterocycles. The van der Waals surface area contributed by atoms with Crippen LogP contribution in [-0.2, 0) is 10.0 Å². The molecular formula is C19H26N2O4S. The van der Waals surface area contributed by atoms with E-state index < -0.39 is 10.0 Å². The molecule has 0 radical (unpaired) electrons. The van der Waals surface area contributed by atoms with Crippen LogP contribution in [0.2, 0.25) is 0 Å². The van der Waals surface area contributed by atoms with Crippen LogP contribution in [0.15, 0.2) is 23.1 Å². The highest BCUT2D eigenvalue weighted by Gasteiger charge is 2.40. The summed E-state index contributed by atoms with van der Waals surface area (Å²) in [4.78, 5) is 13.0. The summed E-state index contributed by atoms with van der Waals surface area (Å²) >= 11 is 0. The lowest BCUT2D eigenvalue weighted by Gasteiger charge is -2.23. The summed E-state index contributed by atoms with van der Waals surface area (Å²) < 4.78 is 32.4. The number of ether oxygens (including phenoxy) is 1. The molecule has 1 heterocycles. The average Bonchev–Trinajstić information content (AvgIpc) is 3.38. The molecular weight excluding hydrogens is 352 g/mol. The fourth-order valence-corrected chi connectivity index (χ4v) is 6.31. The molecule has 142 valence electrons. The van der Waals surface area contributed by atoms with E-state index in [1.54, 1.807) is 6.07 Å². The van der Waals surface area contributed by atoms with Gasteiger partial charge < -0.3 is 10.1 Å². The molecule has 1 N–H and O–H groups in total. The van der Waals surface area contributed by atoms with Crippen molar-refractivity contribution in [2.24, 2.45) is 11.8 Å². The van der Waals surface area contributed by atoms with Crippen LogP contribution >= 0.6 is 0 Å². The molecule has 4 rings (SSSR count). The minimum Gasteiger partial charge on any atom is -0.496 e. The zero-order valence-electron chi connectivity index (χ0n) is 15.1. The van der Waals surface area contributed by atoms with Crippen molar-refractivity contribution in [3.05, 3.63) is 23.8 Å². The molecule has 2 saturated carbocycles. The van der Waals surface area contributed by atoms with Crippen LogP contribution in [0.3, 0.4) is 0 Å². The Morgan fingerprint density at radius 3 is 2.58 bits per heavy atom. The van der Waals surface area contributed by atoms with Gasteiger partial charge in [0.2, 0.25) is 10.0 Å².